The zero-order valence-electron chi connectivity index (χ0n) is 23.5. The van der Waals surface area contributed by atoms with E-state index < -0.39 is 0 Å². The zero-order valence-corrected chi connectivity index (χ0v) is 23.5. The lowest BCUT2D eigenvalue weighted by atomic mass is 9.85. The lowest BCUT2D eigenvalue weighted by Crippen LogP contribution is -2.26. The normalized spacial score (nSPS) is 15.1. The van der Waals surface area contributed by atoms with Crippen molar-refractivity contribution in [1.29, 1.82) is 0 Å². The van der Waals surface area contributed by atoms with Gasteiger partial charge in [-0.05, 0) is 94.1 Å². The van der Waals surface area contributed by atoms with E-state index in [1.54, 1.807) is 6.92 Å². The molecule has 7 heteroatoms. The minimum Gasteiger partial charge on any atom is -0.507 e. The van der Waals surface area contributed by atoms with Gasteiger partial charge in [0, 0.05) is 55.1 Å². The minimum atomic E-state index is -0.266. The number of aliphatic hydroxyl groups excluding tert-OH is 3. The van der Waals surface area contributed by atoms with Crippen LogP contribution in [-0.2, 0) is 11.2 Å². The molecule has 204 valence electrons. The SMILES string of the molecule is CCN(CCO)c1ccc(CC2=C(C)C(=Nc3ccc(N(CC)CCO)cc3C)C(=O)C(C)=C2O)c(C)c1. The Morgan fingerprint density at radius 1 is 0.789 bits per heavy atom. The largest absolute Gasteiger partial charge is 0.507 e. The average Bonchev–Trinajstić information content (AvgIpc) is 2.91. The van der Waals surface area contributed by atoms with Gasteiger partial charge in [-0.15, -0.1) is 0 Å². The number of carbonyl (C=O) groups is 1. The van der Waals surface area contributed by atoms with Crippen LogP contribution in [0.2, 0.25) is 0 Å². The lowest BCUT2D eigenvalue weighted by Gasteiger charge is -2.24. The molecule has 1 aliphatic carbocycles. The van der Waals surface area contributed by atoms with Crippen LogP contribution in [0.4, 0.5) is 17.1 Å². The first-order chi connectivity index (χ1) is 18.2. The number of aryl methyl sites for hydroxylation is 2. The van der Waals surface area contributed by atoms with Gasteiger partial charge in [0.25, 0.3) is 0 Å². The van der Waals surface area contributed by atoms with Gasteiger partial charge in [-0.1, -0.05) is 6.07 Å². The molecule has 0 spiro atoms. The fourth-order valence-corrected chi connectivity index (χ4v) is 4.88. The van der Waals surface area contributed by atoms with Crippen molar-refractivity contribution in [3.63, 3.8) is 0 Å². The van der Waals surface area contributed by atoms with E-state index in [1.807, 2.05) is 52.0 Å². The summed E-state index contributed by atoms with van der Waals surface area (Å²) in [6, 6.07) is 12.1. The van der Waals surface area contributed by atoms with Crippen LogP contribution >= 0.6 is 0 Å². The summed E-state index contributed by atoms with van der Waals surface area (Å²) >= 11 is 0. The number of allylic oxidation sites excluding steroid dienone is 3. The van der Waals surface area contributed by atoms with Gasteiger partial charge in [-0.2, -0.15) is 0 Å². The third-order valence-corrected chi connectivity index (χ3v) is 7.34. The van der Waals surface area contributed by atoms with Crippen molar-refractivity contribution >= 4 is 28.6 Å². The van der Waals surface area contributed by atoms with E-state index in [0.29, 0.717) is 47.6 Å². The highest BCUT2D eigenvalue weighted by Gasteiger charge is 2.29. The Kier molecular flexibility index (Phi) is 9.89. The Bertz CT molecular complexity index is 1280. The molecule has 3 rings (SSSR count). The molecule has 0 fully saturated rings. The molecule has 0 unspecified atom stereocenters. The number of aliphatic imine (C=N–C) groups is 1. The molecular weight excluding hydrogens is 478 g/mol. The smallest absolute Gasteiger partial charge is 0.211 e. The molecule has 1 aliphatic rings. The molecule has 2 aromatic rings. The van der Waals surface area contributed by atoms with Crippen LogP contribution in [0.15, 0.2) is 63.9 Å². The Labute approximate surface area is 226 Å². The number of carbonyl (C=O) groups excluding carboxylic acids is 1. The van der Waals surface area contributed by atoms with E-state index in [4.69, 9.17) is 4.99 Å². The lowest BCUT2D eigenvalue weighted by molar-refractivity contribution is -0.109. The third kappa shape index (κ3) is 6.17. The molecule has 3 N–H and O–H groups in total. The number of nitrogens with zero attached hydrogens (tertiary/aromatic N) is 3. The monoisotopic (exact) mass is 519 g/mol. The Balaban J connectivity index is 1.99. The van der Waals surface area contributed by atoms with Gasteiger partial charge in [0.15, 0.2) is 0 Å². The molecule has 0 aromatic heterocycles. The second-order valence-corrected chi connectivity index (χ2v) is 9.73. The summed E-state index contributed by atoms with van der Waals surface area (Å²) in [5.41, 5.74) is 7.84. The summed E-state index contributed by atoms with van der Waals surface area (Å²) in [4.78, 5) is 22.2. The second kappa shape index (κ2) is 12.9. The van der Waals surface area contributed by atoms with Crippen molar-refractivity contribution in [2.24, 2.45) is 4.99 Å². The van der Waals surface area contributed by atoms with Gasteiger partial charge in [0.05, 0.1) is 18.9 Å². The fourth-order valence-electron chi connectivity index (χ4n) is 4.88. The predicted molar refractivity (Wildman–Crippen MR) is 156 cm³/mol. The minimum absolute atomic E-state index is 0.0278. The highest BCUT2D eigenvalue weighted by atomic mass is 16.3. The van der Waals surface area contributed by atoms with E-state index in [1.165, 1.54) is 0 Å². The van der Waals surface area contributed by atoms with Gasteiger partial charge >= 0.3 is 0 Å². The molecule has 0 saturated carbocycles. The predicted octanol–water partition coefficient (Wildman–Crippen LogP) is 4.99. The maximum atomic E-state index is 13.2. The fraction of sp³-hybridized carbons (Fsp3) is 0.419. The number of aliphatic hydroxyl groups is 3. The van der Waals surface area contributed by atoms with E-state index in [-0.39, 0.29) is 24.8 Å². The molecule has 0 amide bonds. The molecule has 0 saturated heterocycles. The summed E-state index contributed by atoms with van der Waals surface area (Å²) in [5.74, 6) is -0.239. The summed E-state index contributed by atoms with van der Waals surface area (Å²) in [6.07, 6.45) is 0.476. The number of rotatable bonds is 11. The summed E-state index contributed by atoms with van der Waals surface area (Å²) in [7, 11) is 0. The van der Waals surface area contributed by atoms with Crippen molar-refractivity contribution in [3.8, 4) is 0 Å². The number of anilines is 2. The zero-order chi connectivity index (χ0) is 28.0. The molecule has 0 bridgehead atoms. The van der Waals surface area contributed by atoms with E-state index in [9.17, 15) is 20.1 Å². The number of hydrogen-bond acceptors (Lipinski definition) is 7. The highest BCUT2D eigenvalue weighted by molar-refractivity contribution is 6.52. The first kappa shape index (κ1) is 29.1. The average molecular weight is 520 g/mol. The van der Waals surface area contributed by atoms with Crippen molar-refractivity contribution in [3.05, 3.63) is 75.6 Å². The highest BCUT2D eigenvalue weighted by Crippen LogP contribution is 2.32. The molecule has 38 heavy (non-hydrogen) atoms. The van der Waals surface area contributed by atoms with E-state index in [0.717, 1.165) is 41.2 Å². The van der Waals surface area contributed by atoms with Crippen LogP contribution in [-0.4, -0.2) is 66.2 Å². The van der Waals surface area contributed by atoms with E-state index >= 15 is 0 Å². The first-order valence-electron chi connectivity index (χ1n) is 13.3. The summed E-state index contributed by atoms with van der Waals surface area (Å²) < 4.78 is 0. The number of Topliss-reactive ketones (excluding diaryl/α,β-unsaturated/α-hetero) is 1. The molecule has 7 nitrogen and oxygen atoms in total. The third-order valence-electron chi connectivity index (χ3n) is 7.34. The van der Waals surface area contributed by atoms with Crippen LogP contribution in [0.25, 0.3) is 0 Å². The van der Waals surface area contributed by atoms with Crippen molar-refractivity contribution in [1.82, 2.24) is 0 Å². The number of hydrogen-bond donors (Lipinski definition) is 3. The second-order valence-electron chi connectivity index (χ2n) is 9.73. The van der Waals surface area contributed by atoms with Crippen molar-refractivity contribution in [2.75, 3.05) is 49.2 Å². The maximum Gasteiger partial charge on any atom is 0.211 e. The van der Waals surface area contributed by atoms with Gasteiger partial charge in [-0.25, -0.2) is 4.99 Å². The number of benzene rings is 2. The van der Waals surface area contributed by atoms with Crippen molar-refractivity contribution < 1.29 is 20.1 Å². The molecule has 0 heterocycles. The van der Waals surface area contributed by atoms with Crippen LogP contribution in [0.1, 0.15) is 44.4 Å². The standard InChI is InChI=1S/C31H41N3O4/c1-7-33(13-15-35)25-10-9-24(20(3)17-25)19-27-22(5)29(31(38)23(6)30(27)37)32-28-12-11-26(18-21(28)4)34(8-2)14-16-36/h9-12,17-18,35-37H,7-8,13-16,19H2,1-6H3. The van der Waals surface area contributed by atoms with Gasteiger partial charge in [0.2, 0.25) is 5.78 Å². The Morgan fingerprint density at radius 3 is 1.84 bits per heavy atom. The van der Waals surface area contributed by atoms with Crippen LogP contribution < -0.4 is 9.80 Å². The van der Waals surface area contributed by atoms with Gasteiger partial charge in [0.1, 0.15) is 11.5 Å². The van der Waals surface area contributed by atoms with Gasteiger partial charge < -0.3 is 25.1 Å². The van der Waals surface area contributed by atoms with Crippen LogP contribution in [0, 0.1) is 13.8 Å². The maximum absolute atomic E-state index is 13.2. The molecule has 0 radical (unpaired) electrons. The van der Waals surface area contributed by atoms with Crippen LogP contribution in [0.3, 0.4) is 0 Å². The number of ketones is 1. The first-order valence-corrected chi connectivity index (χ1v) is 13.3. The Morgan fingerprint density at radius 2 is 1.34 bits per heavy atom. The molecule has 2 aromatic carbocycles. The van der Waals surface area contributed by atoms with Gasteiger partial charge in [-0.3, -0.25) is 4.79 Å². The molecule has 0 aliphatic heterocycles. The molecular formula is C31H41N3O4. The summed E-state index contributed by atoms with van der Waals surface area (Å²) in [5, 5.41) is 29.7. The Hall–Kier alpha value is -3.42. The van der Waals surface area contributed by atoms with Crippen molar-refractivity contribution in [2.45, 2.75) is 48.0 Å². The van der Waals surface area contributed by atoms with E-state index in [2.05, 4.69) is 28.9 Å². The molecule has 0 atom stereocenters. The summed E-state index contributed by atoms with van der Waals surface area (Å²) in [6.45, 7) is 14.5. The topological polar surface area (TPSA) is 96.6 Å². The quantitative estimate of drug-likeness (QED) is 0.362. The van der Waals surface area contributed by atoms with Crippen LogP contribution in [0.5, 0.6) is 0 Å². The number of likely N-dealkylation sites (N-methyl/N-ethyl adjacent to an activating group) is 2.